The van der Waals surface area contributed by atoms with Gasteiger partial charge < -0.3 is 5.11 Å². The molecule has 0 aliphatic carbocycles. The highest BCUT2D eigenvalue weighted by Crippen LogP contribution is 2.30. The van der Waals surface area contributed by atoms with Crippen LogP contribution in [0.15, 0.2) is 21.5 Å². The van der Waals surface area contributed by atoms with Crippen molar-refractivity contribution in [3.63, 3.8) is 0 Å². The van der Waals surface area contributed by atoms with Crippen molar-refractivity contribution in [2.45, 2.75) is 18.2 Å². The molecule has 0 saturated heterocycles. The second kappa shape index (κ2) is 6.21. The molecule has 0 aliphatic rings. The number of carbonyl (C=O) groups is 1. The van der Waals surface area contributed by atoms with Crippen molar-refractivity contribution in [3.8, 4) is 0 Å². The average Bonchev–Trinajstić information content (AvgIpc) is 2.32. The number of benzene rings is 1. The number of hydrogen-bond donors (Lipinski definition) is 1. The molecule has 1 N–H and O–H groups in total. The van der Waals surface area contributed by atoms with Gasteiger partial charge in [0.2, 0.25) is 10.0 Å². The molecule has 0 amide bonds. The number of nitrogens with zero attached hydrogens (tertiary/aromatic N) is 1. The van der Waals surface area contributed by atoms with E-state index in [0.29, 0.717) is 13.0 Å². The van der Waals surface area contributed by atoms with Gasteiger partial charge in [-0.2, -0.15) is 0 Å². The van der Waals surface area contributed by atoms with Crippen molar-refractivity contribution in [3.05, 3.63) is 27.2 Å². The minimum Gasteiger partial charge on any atom is -0.478 e. The van der Waals surface area contributed by atoms with Crippen molar-refractivity contribution in [1.29, 1.82) is 0 Å². The van der Waals surface area contributed by atoms with E-state index in [2.05, 4.69) is 15.9 Å². The molecule has 0 bridgehead atoms. The lowest BCUT2D eigenvalue weighted by atomic mass is 10.2. The van der Waals surface area contributed by atoms with Crippen molar-refractivity contribution in [1.82, 2.24) is 4.31 Å². The highest BCUT2D eigenvalue weighted by atomic mass is 79.9. The highest BCUT2D eigenvalue weighted by molar-refractivity contribution is 9.10. The molecule has 0 radical (unpaired) electrons. The highest BCUT2D eigenvalue weighted by Gasteiger charge is 2.24. The van der Waals surface area contributed by atoms with Gasteiger partial charge in [0.25, 0.3) is 0 Å². The van der Waals surface area contributed by atoms with Crippen LogP contribution in [0.2, 0.25) is 5.02 Å². The van der Waals surface area contributed by atoms with Crippen LogP contribution >= 0.6 is 27.5 Å². The first-order chi connectivity index (χ1) is 8.71. The SMILES string of the molecule is CCCN(C)S(=O)(=O)c1cc(Br)c(Cl)c(C(=O)O)c1. The number of hydrogen-bond acceptors (Lipinski definition) is 3. The van der Waals surface area contributed by atoms with E-state index >= 15 is 0 Å². The van der Waals surface area contributed by atoms with Crippen molar-refractivity contribution in [2.75, 3.05) is 13.6 Å². The minimum absolute atomic E-state index is 0.0235. The predicted molar refractivity (Wildman–Crippen MR) is 76.2 cm³/mol. The van der Waals surface area contributed by atoms with E-state index in [4.69, 9.17) is 16.7 Å². The Balaban J connectivity index is 3.40. The zero-order valence-electron chi connectivity index (χ0n) is 10.4. The summed E-state index contributed by atoms with van der Waals surface area (Å²) in [6.45, 7) is 2.21. The smallest absolute Gasteiger partial charge is 0.337 e. The van der Waals surface area contributed by atoms with Gasteiger partial charge in [0.15, 0.2) is 0 Å². The maximum atomic E-state index is 12.2. The second-order valence-corrected chi connectivity index (χ2v) is 7.18. The molecule has 1 aromatic carbocycles. The number of aromatic carboxylic acids is 1. The molecule has 0 aromatic heterocycles. The number of rotatable bonds is 5. The molecular weight excluding hydrogens is 358 g/mol. The lowest BCUT2D eigenvalue weighted by molar-refractivity contribution is 0.0696. The Morgan fingerprint density at radius 2 is 2.05 bits per heavy atom. The fraction of sp³-hybridized carbons (Fsp3) is 0.364. The van der Waals surface area contributed by atoms with Gasteiger partial charge in [0, 0.05) is 18.1 Å². The van der Waals surface area contributed by atoms with Gasteiger partial charge in [-0.3, -0.25) is 0 Å². The van der Waals surface area contributed by atoms with Crippen LogP contribution in [-0.2, 0) is 10.0 Å². The number of carboxylic acid groups (broad SMARTS) is 1. The third-order valence-corrected chi connectivity index (χ3v) is 5.57. The van der Waals surface area contributed by atoms with Crippen LogP contribution in [0.25, 0.3) is 0 Å². The number of halogens is 2. The standard InChI is InChI=1S/C11H13BrClNO4S/c1-3-4-14(2)19(17,18)7-5-8(11(15)16)10(13)9(12)6-7/h5-6H,3-4H2,1-2H3,(H,15,16). The first kappa shape index (κ1) is 16.4. The van der Waals surface area contributed by atoms with Gasteiger partial charge in [0.05, 0.1) is 15.5 Å². The number of carboxylic acids is 1. The van der Waals surface area contributed by atoms with Crippen LogP contribution in [0, 0.1) is 0 Å². The molecule has 8 heteroatoms. The minimum atomic E-state index is -3.72. The van der Waals surface area contributed by atoms with Crippen LogP contribution < -0.4 is 0 Å². The van der Waals surface area contributed by atoms with Gasteiger partial charge in [-0.05, 0) is 34.5 Å². The fourth-order valence-electron chi connectivity index (χ4n) is 1.48. The summed E-state index contributed by atoms with van der Waals surface area (Å²) in [5.74, 6) is -1.28. The van der Waals surface area contributed by atoms with E-state index in [1.54, 1.807) is 0 Å². The maximum absolute atomic E-state index is 12.2. The summed E-state index contributed by atoms with van der Waals surface area (Å²) in [6.07, 6.45) is 0.663. The van der Waals surface area contributed by atoms with Crippen LogP contribution in [-0.4, -0.2) is 37.4 Å². The van der Waals surface area contributed by atoms with Crippen molar-refractivity contribution >= 4 is 43.5 Å². The molecule has 1 aromatic rings. The van der Waals surface area contributed by atoms with Crippen LogP contribution in [0.5, 0.6) is 0 Å². The Morgan fingerprint density at radius 1 is 1.47 bits per heavy atom. The summed E-state index contributed by atoms with van der Waals surface area (Å²) in [5, 5.41) is 8.99. The van der Waals surface area contributed by atoms with Gasteiger partial charge in [-0.15, -0.1) is 0 Å². The largest absolute Gasteiger partial charge is 0.478 e. The summed E-state index contributed by atoms with van der Waals surface area (Å²) in [4.78, 5) is 10.9. The molecule has 0 spiro atoms. The lowest BCUT2D eigenvalue weighted by Crippen LogP contribution is -2.27. The molecule has 1 rings (SSSR count). The van der Waals surface area contributed by atoms with E-state index in [0.717, 1.165) is 6.07 Å². The van der Waals surface area contributed by atoms with Crippen LogP contribution in [0.1, 0.15) is 23.7 Å². The Morgan fingerprint density at radius 3 is 2.53 bits per heavy atom. The monoisotopic (exact) mass is 369 g/mol. The maximum Gasteiger partial charge on any atom is 0.337 e. The Labute approximate surface area is 125 Å². The molecule has 0 heterocycles. The zero-order chi connectivity index (χ0) is 14.8. The molecule has 5 nitrogen and oxygen atoms in total. The lowest BCUT2D eigenvalue weighted by Gasteiger charge is -2.17. The molecule has 0 aliphatic heterocycles. The quantitative estimate of drug-likeness (QED) is 0.865. The summed E-state index contributed by atoms with van der Waals surface area (Å²) in [5.41, 5.74) is -0.250. The summed E-state index contributed by atoms with van der Waals surface area (Å²) in [7, 11) is -2.27. The fourth-order valence-corrected chi connectivity index (χ4v) is 3.60. The van der Waals surface area contributed by atoms with Crippen LogP contribution in [0.3, 0.4) is 0 Å². The van der Waals surface area contributed by atoms with Crippen molar-refractivity contribution in [2.24, 2.45) is 0 Å². The Hall–Kier alpha value is -0.630. The molecule has 0 fully saturated rings. The summed E-state index contributed by atoms with van der Waals surface area (Å²) in [6, 6.07) is 2.37. The van der Waals surface area contributed by atoms with Gasteiger partial charge in [-0.25, -0.2) is 17.5 Å². The van der Waals surface area contributed by atoms with E-state index in [9.17, 15) is 13.2 Å². The van der Waals surface area contributed by atoms with E-state index in [-0.39, 0.29) is 20.0 Å². The molecule has 0 saturated carbocycles. The molecule has 19 heavy (non-hydrogen) atoms. The topological polar surface area (TPSA) is 74.7 Å². The number of sulfonamides is 1. The second-order valence-electron chi connectivity index (χ2n) is 3.90. The van der Waals surface area contributed by atoms with Gasteiger partial charge in [-0.1, -0.05) is 18.5 Å². The third-order valence-electron chi connectivity index (χ3n) is 2.48. The molecule has 0 atom stereocenters. The first-order valence-electron chi connectivity index (χ1n) is 5.40. The van der Waals surface area contributed by atoms with Crippen LogP contribution in [0.4, 0.5) is 0 Å². The zero-order valence-corrected chi connectivity index (χ0v) is 13.5. The molecule has 0 unspecified atom stereocenters. The van der Waals surface area contributed by atoms with E-state index < -0.39 is 16.0 Å². The van der Waals surface area contributed by atoms with E-state index in [1.165, 1.54) is 17.4 Å². The summed E-state index contributed by atoms with van der Waals surface area (Å²) < 4.78 is 25.9. The average molecular weight is 371 g/mol. The summed E-state index contributed by atoms with van der Waals surface area (Å²) >= 11 is 8.88. The van der Waals surface area contributed by atoms with E-state index in [1.807, 2.05) is 6.92 Å². The Bertz CT molecular complexity index is 603. The van der Waals surface area contributed by atoms with Gasteiger partial charge >= 0.3 is 5.97 Å². The Kier molecular flexibility index (Phi) is 5.37. The molecule has 106 valence electrons. The normalized spacial score (nSPS) is 11.8. The van der Waals surface area contributed by atoms with Gasteiger partial charge in [0.1, 0.15) is 0 Å². The van der Waals surface area contributed by atoms with Crippen molar-refractivity contribution < 1.29 is 18.3 Å². The first-order valence-corrected chi connectivity index (χ1v) is 8.01. The predicted octanol–water partition coefficient (Wildman–Crippen LogP) is 2.83. The third kappa shape index (κ3) is 3.47. The molecular formula is C11H13BrClNO4S.